The van der Waals surface area contributed by atoms with Crippen molar-refractivity contribution in [1.82, 2.24) is 24.6 Å². The number of hydrogen-bond donors (Lipinski definition) is 0. The van der Waals surface area contributed by atoms with Gasteiger partial charge in [0.1, 0.15) is 5.82 Å². The molecule has 5 nitrogen and oxygen atoms in total. The van der Waals surface area contributed by atoms with Gasteiger partial charge in [0.2, 0.25) is 0 Å². The Balaban J connectivity index is 1.72. The van der Waals surface area contributed by atoms with E-state index in [4.69, 9.17) is 0 Å². The smallest absolute Gasteiger partial charge is 0.177 e. The Morgan fingerprint density at radius 3 is 2.71 bits per heavy atom. The highest BCUT2D eigenvalue weighted by molar-refractivity contribution is 5.80. The zero-order valence-electron chi connectivity index (χ0n) is 13.2. The molecule has 0 saturated heterocycles. The zero-order chi connectivity index (χ0) is 16.7. The van der Waals surface area contributed by atoms with Crippen molar-refractivity contribution in [3.63, 3.8) is 0 Å². The van der Waals surface area contributed by atoms with Crippen LogP contribution in [-0.2, 0) is 0 Å². The summed E-state index contributed by atoms with van der Waals surface area (Å²) < 4.78 is 15.1. The summed E-state index contributed by atoms with van der Waals surface area (Å²) in [6, 6.07) is 8.36. The van der Waals surface area contributed by atoms with Crippen LogP contribution in [-0.4, -0.2) is 24.6 Å². The van der Waals surface area contributed by atoms with Gasteiger partial charge in [-0.3, -0.25) is 4.98 Å². The lowest BCUT2D eigenvalue weighted by atomic mass is 10.2. The number of nitrogens with zero attached hydrogens (tertiary/aromatic N) is 5. The first-order valence-electron chi connectivity index (χ1n) is 7.53. The predicted octanol–water partition coefficient (Wildman–Crippen LogP) is 3.60. The summed E-state index contributed by atoms with van der Waals surface area (Å²) >= 11 is 0. The predicted molar refractivity (Wildman–Crippen MR) is 90.9 cm³/mol. The van der Waals surface area contributed by atoms with Crippen LogP contribution in [0.3, 0.4) is 0 Å². The van der Waals surface area contributed by atoms with Gasteiger partial charge in [0.25, 0.3) is 0 Å². The van der Waals surface area contributed by atoms with Crippen molar-refractivity contribution in [1.29, 1.82) is 0 Å². The van der Waals surface area contributed by atoms with Gasteiger partial charge >= 0.3 is 0 Å². The fraction of sp³-hybridized carbons (Fsp3) is 0.111. The molecule has 0 amide bonds. The number of benzene rings is 1. The van der Waals surface area contributed by atoms with E-state index >= 15 is 0 Å². The molecule has 0 fully saturated rings. The molecule has 4 rings (SSSR count). The molecule has 0 aliphatic heterocycles. The van der Waals surface area contributed by atoms with Gasteiger partial charge in [0, 0.05) is 17.6 Å². The normalized spacial score (nSPS) is 11.8. The molecule has 0 unspecified atom stereocenters. The van der Waals surface area contributed by atoms with Gasteiger partial charge in [-0.15, -0.1) is 5.10 Å². The largest absolute Gasteiger partial charge is 0.256 e. The van der Waals surface area contributed by atoms with Crippen molar-refractivity contribution < 1.29 is 4.39 Å². The Hall–Kier alpha value is -3.15. The van der Waals surface area contributed by atoms with Gasteiger partial charge in [-0.1, -0.05) is 6.07 Å². The number of aryl methyl sites for hydroxylation is 2. The zero-order valence-corrected chi connectivity index (χ0v) is 13.2. The number of hydrogen-bond acceptors (Lipinski definition) is 4. The second-order valence-electron chi connectivity index (χ2n) is 5.60. The summed E-state index contributed by atoms with van der Waals surface area (Å²) in [5.74, 6) is 0.284. The Labute approximate surface area is 137 Å². The van der Waals surface area contributed by atoms with Gasteiger partial charge in [0.05, 0.1) is 22.6 Å². The molecule has 3 aromatic heterocycles. The first kappa shape index (κ1) is 14.4. The second kappa shape index (κ2) is 5.49. The van der Waals surface area contributed by atoms with Crippen LogP contribution in [0.15, 0.2) is 36.5 Å². The molecule has 0 atom stereocenters. The molecular formula is C18H14FN5. The number of halogens is 1. The molecule has 1 aromatic carbocycles. The highest BCUT2D eigenvalue weighted by atomic mass is 19.1. The molecular weight excluding hydrogens is 305 g/mol. The molecule has 4 aromatic rings. The van der Waals surface area contributed by atoms with Gasteiger partial charge in [0.15, 0.2) is 11.5 Å². The SMILES string of the molecule is Cc1ncc(C)n2nc(C=Cc3ccc4ccc(F)cc4n3)nc12. The summed E-state index contributed by atoms with van der Waals surface area (Å²) in [5.41, 5.74) is 3.83. The van der Waals surface area contributed by atoms with Gasteiger partial charge < -0.3 is 0 Å². The lowest BCUT2D eigenvalue weighted by Gasteiger charge is -1.98. The maximum absolute atomic E-state index is 13.3. The van der Waals surface area contributed by atoms with E-state index in [2.05, 4.69) is 20.1 Å². The average molecular weight is 319 g/mol. The minimum absolute atomic E-state index is 0.295. The van der Waals surface area contributed by atoms with E-state index in [1.54, 1.807) is 22.9 Å². The standard InChI is InChI=1S/C18H14FN5/c1-11-10-20-12(2)18-22-17(23-24(11)18)8-7-15-6-4-13-3-5-14(19)9-16(13)21-15/h3-10H,1-2H3. The summed E-state index contributed by atoms with van der Waals surface area (Å²) in [6.07, 6.45) is 5.38. The van der Waals surface area contributed by atoms with Crippen LogP contribution in [0.25, 0.3) is 28.7 Å². The van der Waals surface area contributed by atoms with E-state index < -0.39 is 0 Å². The minimum atomic E-state index is -0.295. The fourth-order valence-electron chi connectivity index (χ4n) is 2.54. The summed E-state index contributed by atoms with van der Waals surface area (Å²) in [4.78, 5) is 13.2. The molecule has 3 heterocycles. The first-order chi connectivity index (χ1) is 11.6. The minimum Gasteiger partial charge on any atom is -0.256 e. The lowest BCUT2D eigenvalue weighted by molar-refractivity contribution is 0.629. The summed E-state index contributed by atoms with van der Waals surface area (Å²) in [7, 11) is 0. The number of pyridine rings is 1. The van der Waals surface area contributed by atoms with Gasteiger partial charge in [-0.25, -0.2) is 18.9 Å². The molecule has 6 heteroatoms. The average Bonchev–Trinajstić information content (AvgIpc) is 3.01. The van der Waals surface area contributed by atoms with Crippen LogP contribution >= 0.6 is 0 Å². The van der Waals surface area contributed by atoms with Gasteiger partial charge in [-0.2, -0.15) is 0 Å². The monoisotopic (exact) mass is 319 g/mol. The van der Waals surface area contributed by atoms with Crippen molar-refractivity contribution in [2.75, 3.05) is 0 Å². The maximum atomic E-state index is 13.3. The summed E-state index contributed by atoms with van der Waals surface area (Å²) in [5, 5.41) is 5.36. The van der Waals surface area contributed by atoms with Crippen molar-refractivity contribution in [3.05, 3.63) is 65.3 Å². The van der Waals surface area contributed by atoms with E-state index in [-0.39, 0.29) is 5.82 Å². The van der Waals surface area contributed by atoms with Crippen LogP contribution in [0.4, 0.5) is 4.39 Å². The number of rotatable bonds is 2. The van der Waals surface area contributed by atoms with Crippen molar-refractivity contribution >= 4 is 28.7 Å². The Morgan fingerprint density at radius 2 is 1.88 bits per heavy atom. The highest BCUT2D eigenvalue weighted by Crippen LogP contribution is 2.15. The Morgan fingerprint density at radius 1 is 1.04 bits per heavy atom. The molecule has 118 valence electrons. The number of fused-ring (bicyclic) bond motifs is 2. The second-order valence-corrected chi connectivity index (χ2v) is 5.60. The van der Waals surface area contributed by atoms with Crippen molar-refractivity contribution in [2.24, 2.45) is 0 Å². The molecule has 0 spiro atoms. The van der Waals surface area contributed by atoms with Crippen LogP contribution in [0.2, 0.25) is 0 Å². The van der Waals surface area contributed by atoms with E-state index in [9.17, 15) is 4.39 Å². The fourth-order valence-corrected chi connectivity index (χ4v) is 2.54. The third-order valence-corrected chi connectivity index (χ3v) is 3.81. The highest BCUT2D eigenvalue weighted by Gasteiger charge is 2.07. The van der Waals surface area contributed by atoms with E-state index in [0.29, 0.717) is 11.3 Å². The van der Waals surface area contributed by atoms with E-state index in [1.165, 1.54) is 12.1 Å². The van der Waals surface area contributed by atoms with Crippen LogP contribution in [0, 0.1) is 19.7 Å². The molecule has 0 radical (unpaired) electrons. The summed E-state index contributed by atoms with van der Waals surface area (Å²) in [6.45, 7) is 3.83. The molecule has 0 N–H and O–H groups in total. The third-order valence-electron chi connectivity index (χ3n) is 3.81. The first-order valence-corrected chi connectivity index (χ1v) is 7.53. The van der Waals surface area contributed by atoms with Crippen LogP contribution in [0.5, 0.6) is 0 Å². The lowest BCUT2D eigenvalue weighted by Crippen LogP contribution is -1.97. The molecule has 0 aliphatic rings. The molecule has 0 saturated carbocycles. The van der Waals surface area contributed by atoms with E-state index in [0.717, 1.165) is 28.1 Å². The van der Waals surface area contributed by atoms with Gasteiger partial charge in [-0.05, 0) is 44.2 Å². The molecule has 0 aliphatic carbocycles. The topological polar surface area (TPSA) is 56.0 Å². The van der Waals surface area contributed by atoms with Crippen molar-refractivity contribution in [2.45, 2.75) is 13.8 Å². The Bertz CT molecular complexity index is 1060. The van der Waals surface area contributed by atoms with Crippen LogP contribution < -0.4 is 0 Å². The Kier molecular flexibility index (Phi) is 3.30. The molecule has 0 bridgehead atoms. The van der Waals surface area contributed by atoms with Crippen molar-refractivity contribution in [3.8, 4) is 0 Å². The van der Waals surface area contributed by atoms with Crippen LogP contribution in [0.1, 0.15) is 22.9 Å². The van der Waals surface area contributed by atoms with E-state index in [1.807, 2.05) is 32.1 Å². The number of aromatic nitrogens is 5. The maximum Gasteiger partial charge on any atom is 0.177 e. The molecule has 24 heavy (non-hydrogen) atoms. The quantitative estimate of drug-likeness (QED) is 0.566. The third kappa shape index (κ3) is 2.52.